The third-order valence-corrected chi connectivity index (χ3v) is 12.2. The van der Waals surface area contributed by atoms with E-state index in [-0.39, 0.29) is 56.8 Å². The molecule has 0 atom stereocenters. The van der Waals surface area contributed by atoms with E-state index >= 15 is 0 Å². The molecule has 0 aliphatic carbocycles. The summed E-state index contributed by atoms with van der Waals surface area (Å²) in [7, 11) is 0. The lowest BCUT2D eigenvalue weighted by Gasteiger charge is -2.19. The largest absolute Gasteiger partial charge is 0.465 e. The number of rotatable bonds is 47. The second kappa shape index (κ2) is 44.6. The quantitative estimate of drug-likeness (QED) is 0.0269. The molecule has 0 aromatic rings. The van der Waals surface area contributed by atoms with Crippen LogP contribution in [0.2, 0.25) is 0 Å². The second-order valence-corrected chi connectivity index (χ2v) is 18.4. The van der Waals surface area contributed by atoms with E-state index in [1.165, 1.54) is 0 Å². The van der Waals surface area contributed by atoms with Crippen LogP contribution in [0.25, 0.3) is 0 Å². The highest BCUT2D eigenvalue weighted by Crippen LogP contribution is 2.19. The maximum Gasteiger partial charge on any atom is 0.407 e. The Morgan fingerprint density at radius 1 is 0.448 bits per heavy atom. The van der Waals surface area contributed by atoms with Gasteiger partial charge in [0.2, 0.25) is 0 Å². The minimum absolute atomic E-state index is 0.0619. The van der Waals surface area contributed by atoms with Crippen molar-refractivity contribution < 1.29 is 47.7 Å². The smallest absolute Gasteiger partial charge is 0.407 e. The van der Waals surface area contributed by atoms with Gasteiger partial charge in [-0.2, -0.15) is 0 Å². The van der Waals surface area contributed by atoms with E-state index in [0.29, 0.717) is 57.9 Å². The number of nitrogens with one attached hydrogen (secondary N) is 1. The fraction of sp³-hybridized carbons (Fsp3) is 0.764. The Kier molecular flexibility index (Phi) is 40.6. The monoisotopic (exact) mass is 943 g/mol. The molecule has 1 N–H and O–H groups in total. The van der Waals surface area contributed by atoms with Crippen molar-refractivity contribution in [2.75, 3.05) is 46.0 Å². The number of amides is 1. The van der Waals surface area contributed by atoms with Gasteiger partial charge in [-0.3, -0.25) is 19.2 Å². The summed E-state index contributed by atoms with van der Waals surface area (Å²) in [4.78, 5) is 65.7. The fourth-order valence-electron chi connectivity index (χ4n) is 8.07. The molecule has 1 heterocycles. The van der Waals surface area contributed by atoms with Crippen molar-refractivity contribution in [2.45, 2.75) is 218 Å². The van der Waals surface area contributed by atoms with Crippen molar-refractivity contribution in [2.24, 2.45) is 5.92 Å². The van der Waals surface area contributed by atoms with Crippen molar-refractivity contribution in [3.05, 3.63) is 50.6 Å². The first-order valence-electron chi connectivity index (χ1n) is 26.5. The zero-order chi connectivity index (χ0) is 48.8. The number of alkyl carbamates (subject to hydrolysis) is 1. The summed E-state index contributed by atoms with van der Waals surface area (Å²) in [6.07, 6.45) is 34.5. The van der Waals surface area contributed by atoms with E-state index in [0.717, 1.165) is 161 Å². The molecular formula is C55H94N2O10. The standard InChI is InChI=1S/C55H94N2O10/c1-5-9-13-17-23-33-49(34-24-18-14-10-6-2)66-53(60)39-29-21-27-37-51(58)63-45-48(47-65-55(62)56-41-44-57-42-31-32-43-57)46-64-52(59)38-28-22-30-40-54(61)67-50(35-25-19-15-11-7-3)36-26-20-16-12-8-4/h5-8,48-50H,1-4,9-47H2,(H,56,62). The topological polar surface area (TPSA) is 147 Å². The second-order valence-electron chi connectivity index (χ2n) is 18.4. The van der Waals surface area contributed by atoms with Crippen molar-refractivity contribution in [1.29, 1.82) is 0 Å². The van der Waals surface area contributed by atoms with Gasteiger partial charge in [0.25, 0.3) is 0 Å². The Morgan fingerprint density at radius 2 is 0.791 bits per heavy atom. The normalized spacial score (nSPS) is 12.5. The number of ether oxygens (including phenoxy) is 5. The van der Waals surface area contributed by atoms with Gasteiger partial charge in [-0.25, -0.2) is 4.79 Å². The summed E-state index contributed by atoms with van der Waals surface area (Å²) >= 11 is 0. The molecule has 0 unspecified atom stereocenters. The van der Waals surface area contributed by atoms with Gasteiger partial charge in [-0.05, 0) is 154 Å². The summed E-state index contributed by atoms with van der Waals surface area (Å²) in [5.41, 5.74) is 0. The van der Waals surface area contributed by atoms with E-state index in [9.17, 15) is 24.0 Å². The minimum Gasteiger partial charge on any atom is -0.465 e. The van der Waals surface area contributed by atoms with Crippen molar-refractivity contribution in [3.8, 4) is 0 Å². The van der Waals surface area contributed by atoms with Crippen LogP contribution in [0.4, 0.5) is 4.79 Å². The Bertz CT molecular complexity index is 1220. The average Bonchev–Trinajstić information content (AvgIpc) is 3.84. The summed E-state index contributed by atoms with van der Waals surface area (Å²) in [6, 6.07) is 0. The molecule has 0 spiro atoms. The number of esters is 4. The number of nitrogens with zero attached hydrogens (tertiary/aromatic N) is 1. The lowest BCUT2D eigenvalue weighted by Crippen LogP contribution is -2.35. The molecule has 384 valence electrons. The number of likely N-dealkylation sites (tertiary alicyclic amines) is 1. The molecule has 1 amide bonds. The lowest BCUT2D eigenvalue weighted by atomic mass is 10.0. The van der Waals surface area contributed by atoms with Crippen LogP contribution in [-0.2, 0) is 42.9 Å². The molecule has 0 aromatic heterocycles. The molecule has 0 aromatic carbocycles. The molecule has 1 aliphatic rings. The first-order chi connectivity index (χ1) is 32.7. The number of hydrogen-bond donors (Lipinski definition) is 1. The Morgan fingerprint density at radius 3 is 1.16 bits per heavy atom. The van der Waals surface area contributed by atoms with Crippen molar-refractivity contribution in [3.63, 3.8) is 0 Å². The van der Waals surface area contributed by atoms with Gasteiger partial charge in [0.05, 0.1) is 5.92 Å². The zero-order valence-electron chi connectivity index (χ0n) is 42.0. The van der Waals surface area contributed by atoms with E-state index in [1.807, 2.05) is 24.3 Å². The minimum atomic E-state index is -0.574. The lowest BCUT2D eigenvalue weighted by molar-refractivity contribution is -0.151. The summed E-state index contributed by atoms with van der Waals surface area (Å²) < 4.78 is 28.4. The maximum absolute atomic E-state index is 12.7. The SMILES string of the molecule is C=CCCCCCC(CCCCCC=C)OC(=O)CCCCCC(=O)OCC(COC(=O)CCCCCC(=O)OC(CCCCCC=C)CCCCCC=C)COC(=O)NCCN1CCCC1. The van der Waals surface area contributed by atoms with Gasteiger partial charge in [0.1, 0.15) is 32.0 Å². The first-order valence-corrected chi connectivity index (χ1v) is 26.5. The van der Waals surface area contributed by atoms with Gasteiger partial charge in [0.15, 0.2) is 0 Å². The number of allylic oxidation sites excluding steroid dienone is 4. The van der Waals surface area contributed by atoms with Crippen LogP contribution in [0.5, 0.6) is 0 Å². The summed E-state index contributed by atoms with van der Waals surface area (Å²) in [5, 5.41) is 2.78. The third-order valence-electron chi connectivity index (χ3n) is 12.2. The Balaban J connectivity index is 2.51. The summed E-state index contributed by atoms with van der Waals surface area (Å²) in [5.74, 6) is -1.73. The predicted molar refractivity (Wildman–Crippen MR) is 269 cm³/mol. The van der Waals surface area contributed by atoms with Gasteiger partial charge in [-0.15, -0.1) is 26.3 Å². The van der Waals surface area contributed by atoms with Crippen LogP contribution < -0.4 is 5.32 Å². The number of unbranched alkanes of at least 4 members (excludes halogenated alkanes) is 16. The number of carbonyl (C=O) groups is 5. The zero-order valence-corrected chi connectivity index (χ0v) is 42.0. The molecule has 0 radical (unpaired) electrons. The highest BCUT2D eigenvalue weighted by atomic mass is 16.6. The van der Waals surface area contributed by atoms with Crippen LogP contribution in [-0.4, -0.2) is 93.1 Å². The van der Waals surface area contributed by atoms with Crippen LogP contribution in [0.1, 0.15) is 205 Å². The van der Waals surface area contributed by atoms with Crippen molar-refractivity contribution in [1.82, 2.24) is 10.2 Å². The van der Waals surface area contributed by atoms with E-state index in [1.54, 1.807) is 0 Å². The maximum atomic E-state index is 12.7. The van der Waals surface area contributed by atoms with Crippen LogP contribution >= 0.6 is 0 Å². The first kappa shape index (κ1) is 61.1. The van der Waals surface area contributed by atoms with Gasteiger partial charge < -0.3 is 33.9 Å². The molecule has 1 rings (SSSR count). The molecule has 1 saturated heterocycles. The van der Waals surface area contributed by atoms with E-state index in [4.69, 9.17) is 23.7 Å². The van der Waals surface area contributed by atoms with Gasteiger partial charge in [0, 0.05) is 38.8 Å². The van der Waals surface area contributed by atoms with E-state index < -0.39 is 23.9 Å². The van der Waals surface area contributed by atoms with Crippen molar-refractivity contribution >= 4 is 30.0 Å². The third kappa shape index (κ3) is 38.7. The van der Waals surface area contributed by atoms with E-state index in [2.05, 4.69) is 36.5 Å². The highest BCUT2D eigenvalue weighted by Gasteiger charge is 2.20. The molecule has 12 heteroatoms. The molecule has 1 aliphatic heterocycles. The average molecular weight is 943 g/mol. The molecular weight excluding hydrogens is 849 g/mol. The number of hydrogen-bond acceptors (Lipinski definition) is 11. The van der Waals surface area contributed by atoms with Crippen LogP contribution in [0, 0.1) is 5.92 Å². The van der Waals surface area contributed by atoms with Crippen LogP contribution in [0.15, 0.2) is 50.6 Å². The molecule has 1 fully saturated rings. The molecule has 67 heavy (non-hydrogen) atoms. The predicted octanol–water partition coefficient (Wildman–Crippen LogP) is 12.8. The number of carbonyl (C=O) groups excluding carboxylic acids is 5. The van der Waals surface area contributed by atoms with Gasteiger partial charge >= 0.3 is 30.0 Å². The molecule has 12 nitrogen and oxygen atoms in total. The Hall–Kier alpha value is -3.93. The molecule has 0 saturated carbocycles. The fourth-order valence-corrected chi connectivity index (χ4v) is 8.07. The summed E-state index contributed by atoms with van der Waals surface area (Å²) in [6.45, 7) is 18.2. The molecule has 0 bridgehead atoms. The van der Waals surface area contributed by atoms with Crippen LogP contribution in [0.3, 0.4) is 0 Å². The Labute approximate surface area is 406 Å². The van der Waals surface area contributed by atoms with Gasteiger partial charge in [-0.1, -0.05) is 62.8 Å². The highest BCUT2D eigenvalue weighted by molar-refractivity contribution is 5.71.